The average molecular weight is 422 g/mol. The van der Waals surface area contributed by atoms with Gasteiger partial charge in [-0.1, -0.05) is 0 Å². The van der Waals surface area contributed by atoms with Gasteiger partial charge in [-0.2, -0.15) is 0 Å². The number of amides is 2. The second-order valence-electron chi connectivity index (χ2n) is 8.28. The Morgan fingerprint density at radius 1 is 1.19 bits per heavy atom. The van der Waals surface area contributed by atoms with Crippen LogP contribution in [0.4, 0.5) is 11.4 Å². The SMILES string of the molecule is CNC(=O)c1ccc(N2CCN(Cc3cc4c(cn3)OC(C3CC3)C(=O)N4)CC2)cn1. The third-order valence-electron chi connectivity index (χ3n) is 6.08. The van der Waals surface area contributed by atoms with E-state index >= 15 is 0 Å². The van der Waals surface area contributed by atoms with Gasteiger partial charge in [0.15, 0.2) is 11.9 Å². The molecule has 2 aromatic rings. The van der Waals surface area contributed by atoms with E-state index in [0.717, 1.165) is 56.9 Å². The molecule has 2 aliphatic heterocycles. The molecule has 3 aliphatic rings. The minimum atomic E-state index is -0.367. The van der Waals surface area contributed by atoms with E-state index in [2.05, 4.69) is 30.4 Å². The van der Waals surface area contributed by atoms with Crippen molar-refractivity contribution in [3.05, 3.63) is 42.0 Å². The molecule has 31 heavy (non-hydrogen) atoms. The molecule has 2 amide bonds. The first kappa shape index (κ1) is 19.7. The highest BCUT2D eigenvalue weighted by atomic mass is 16.5. The molecule has 4 heterocycles. The Balaban J connectivity index is 1.17. The summed E-state index contributed by atoms with van der Waals surface area (Å²) in [7, 11) is 1.60. The van der Waals surface area contributed by atoms with Crippen LogP contribution in [-0.4, -0.2) is 66.0 Å². The molecule has 1 saturated heterocycles. The summed E-state index contributed by atoms with van der Waals surface area (Å²) in [5, 5.41) is 5.57. The summed E-state index contributed by atoms with van der Waals surface area (Å²) in [5.74, 6) is 0.785. The smallest absolute Gasteiger partial charge is 0.269 e. The monoisotopic (exact) mass is 422 g/mol. The second kappa shape index (κ2) is 8.14. The third kappa shape index (κ3) is 4.18. The van der Waals surface area contributed by atoms with Crippen molar-refractivity contribution in [2.24, 2.45) is 5.92 Å². The van der Waals surface area contributed by atoms with Gasteiger partial charge >= 0.3 is 0 Å². The van der Waals surface area contributed by atoms with Gasteiger partial charge in [0.1, 0.15) is 5.69 Å². The highest BCUT2D eigenvalue weighted by Gasteiger charge is 2.41. The van der Waals surface area contributed by atoms with E-state index in [1.54, 1.807) is 25.5 Å². The van der Waals surface area contributed by atoms with Crippen LogP contribution in [0.1, 0.15) is 29.0 Å². The summed E-state index contributed by atoms with van der Waals surface area (Å²) in [6.07, 6.45) is 5.23. The van der Waals surface area contributed by atoms with Crippen LogP contribution in [0.5, 0.6) is 5.75 Å². The predicted molar refractivity (Wildman–Crippen MR) is 115 cm³/mol. The lowest BCUT2D eigenvalue weighted by Gasteiger charge is -2.36. The van der Waals surface area contributed by atoms with Gasteiger partial charge in [-0.3, -0.25) is 19.5 Å². The van der Waals surface area contributed by atoms with Crippen LogP contribution >= 0.6 is 0 Å². The van der Waals surface area contributed by atoms with Crippen molar-refractivity contribution in [3.8, 4) is 5.75 Å². The van der Waals surface area contributed by atoms with Crippen LogP contribution in [0.15, 0.2) is 30.6 Å². The molecule has 0 bridgehead atoms. The van der Waals surface area contributed by atoms with Gasteiger partial charge in [0.2, 0.25) is 0 Å². The van der Waals surface area contributed by atoms with Crippen LogP contribution in [0.3, 0.4) is 0 Å². The summed E-state index contributed by atoms with van der Waals surface area (Å²) in [6, 6.07) is 5.61. The van der Waals surface area contributed by atoms with E-state index in [9.17, 15) is 9.59 Å². The normalized spacial score (nSPS) is 21.1. The number of anilines is 2. The number of ether oxygens (including phenoxy) is 1. The minimum absolute atomic E-state index is 0.0446. The first-order chi connectivity index (χ1) is 15.1. The number of pyridine rings is 2. The molecular weight excluding hydrogens is 396 g/mol. The number of rotatable bonds is 5. The summed E-state index contributed by atoms with van der Waals surface area (Å²) >= 11 is 0. The van der Waals surface area contributed by atoms with Gasteiger partial charge in [0.05, 0.1) is 29.5 Å². The fourth-order valence-corrected chi connectivity index (χ4v) is 4.10. The van der Waals surface area contributed by atoms with Crippen molar-refractivity contribution in [1.82, 2.24) is 20.2 Å². The lowest BCUT2D eigenvalue weighted by Crippen LogP contribution is -2.46. The number of fused-ring (bicyclic) bond motifs is 1. The molecule has 9 nitrogen and oxygen atoms in total. The summed E-state index contributed by atoms with van der Waals surface area (Å²) in [6.45, 7) is 4.24. The van der Waals surface area contributed by atoms with Gasteiger partial charge in [-0.25, -0.2) is 4.98 Å². The fourth-order valence-electron chi connectivity index (χ4n) is 4.10. The lowest BCUT2D eigenvalue weighted by atomic mass is 10.1. The number of hydrogen-bond donors (Lipinski definition) is 2. The maximum Gasteiger partial charge on any atom is 0.269 e. The molecule has 1 aliphatic carbocycles. The summed E-state index contributed by atoms with van der Waals surface area (Å²) < 4.78 is 5.88. The molecule has 2 N–H and O–H groups in total. The first-order valence-corrected chi connectivity index (χ1v) is 10.7. The van der Waals surface area contributed by atoms with Crippen molar-refractivity contribution in [2.45, 2.75) is 25.5 Å². The molecular formula is C22H26N6O3. The van der Waals surface area contributed by atoms with Crippen molar-refractivity contribution in [2.75, 3.05) is 43.4 Å². The second-order valence-corrected chi connectivity index (χ2v) is 8.28. The van der Waals surface area contributed by atoms with Gasteiger partial charge in [0.25, 0.3) is 11.8 Å². The predicted octanol–water partition coefficient (Wildman–Crippen LogP) is 1.27. The van der Waals surface area contributed by atoms with Gasteiger partial charge < -0.3 is 20.3 Å². The Labute approximate surface area is 180 Å². The molecule has 1 unspecified atom stereocenters. The van der Waals surface area contributed by atoms with E-state index in [1.165, 1.54) is 0 Å². The zero-order valence-corrected chi connectivity index (χ0v) is 17.5. The van der Waals surface area contributed by atoms with Crippen LogP contribution < -0.4 is 20.3 Å². The topological polar surface area (TPSA) is 99.7 Å². The van der Waals surface area contributed by atoms with Crippen LogP contribution in [0.2, 0.25) is 0 Å². The largest absolute Gasteiger partial charge is 0.476 e. The van der Waals surface area contributed by atoms with E-state index < -0.39 is 0 Å². The van der Waals surface area contributed by atoms with Gasteiger partial charge in [-0.15, -0.1) is 0 Å². The molecule has 2 fully saturated rings. The number of aromatic nitrogens is 2. The van der Waals surface area contributed by atoms with Crippen LogP contribution in [0.25, 0.3) is 0 Å². The Bertz CT molecular complexity index is 983. The number of piperazine rings is 1. The molecule has 0 radical (unpaired) electrons. The molecule has 9 heteroatoms. The van der Waals surface area contributed by atoms with E-state index in [1.807, 2.05) is 12.1 Å². The fraction of sp³-hybridized carbons (Fsp3) is 0.455. The van der Waals surface area contributed by atoms with Gasteiger partial charge in [-0.05, 0) is 31.0 Å². The summed E-state index contributed by atoms with van der Waals surface area (Å²) in [5.41, 5.74) is 3.07. The molecule has 0 aromatic carbocycles. The third-order valence-corrected chi connectivity index (χ3v) is 6.08. The van der Waals surface area contributed by atoms with Crippen molar-refractivity contribution < 1.29 is 14.3 Å². The number of hydrogen-bond acceptors (Lipinski definition) is 7. The molecule has 162 valence electrons. The average Bonchev–Trinajstić information content (AvgIpc) is 3.64. The minimum Gasteiger partial charge on any atom is -0.476 e. The molecule has 1 saturated carbocycles. The van der Waals surface area contributed by atoms with Crippen LogP contribution in [0, 0.1) is 5.92 Å². The molecule has 1 atom stereocenters. The van der Waals surface area contributed by atoms with E-state index in [-0.39, 0.29) is 17.9 Å². The number of nitrogens with one attached hydrogen (secondary N) is 2. The standard InChI is InChI=1S/C22H26N6O3/c1-23-21(29)17-5-4-16(11-25-17)28-8-6-27(7-9-28)13-15-10-18-19(12-24-15)31-20(14-2-3-14)22(30)26-18/h4-5,10-12,14,20H,2-3,6-9,13H2,1H3,(H,23,29)(H,26,30). The van der Waals surface area contributed by atoms with Gasteiger partial charge in [0, 0.05) is 45.7 Å². The van der Waals surface area contributed by atoms with Crippen molar-refractivity contribution in [1.29, 1.82) is 0 Å². The molecule has 5 rings (SSSR count). The zero-order chi connectivity index (χ0) is 21.4. The zero-order valence-electron chi connectivity index (χ0n) is 17.5. The maximum absolute atomic E-state index is 12.3. The van der Waals surface area contributed by atoms with Crippen molar-refractivity contribution in [3.63, 3.8) is 0 Å². The Hall–Kier alpha value is -3.20. The lowest BCUT2D eigenvalue weighted by molar-refractivity contribution is -0.124. The summed E-state index contributed by atoms with van der Waals surface area (Å²) in [4.78, 5) is 37.4. The highest BCUT2D eigenvalue weighted by molar-refractivity contribution is 5.98. The van der Waals surface area contributed by atoms with Crippen LogP contribution in [-0.2, 0) is 11.3 Å². The Morgan fingerprint density at radius 3 is 2.68 bits per heavy atom. The number of carbonyl (C=O) groups excluding carboxylic acids is 2. The first-order valence-electron chi connectivity index (χ1n) is 10.7. The Morgan fingerprint density at radius 2 is 2.00 bits per heavy atom. The quantitative estimate of drug-likeness (QED) is 0.749. The van der Waals surface area contributed by atoms with E-state index in [0.29, 0.717) is 23.0 Å². The molecule has 0 spiro atoms. The molecule has 2 aromatic heterocycles. The van der Waals surface area contributed by atoms with E-state index in [4.69, 9.17) is 4.74 Å². The Kier molecular flexibility index (Phi) is 5.19. The number of nitrogens with zero attached hydrogens (tertiary/aromatic N) is 4. The number of carbonyl (C=O) groups is 2. The highest BCUT2D eigenvalue weighted by Crippen LogP contribution is 2.39. The van der Waals surface area contributed by atoms with Crippen molar-refractivity contribution >= 4 is 23.2 Å². The maximum atomic E-state index is 12.3.